The number of benzene rings is 2. The van der Waals surface area contributed by atoms with E-state index in [4.69, 9.17) is 10.2 Å². The van der Waals surface area contributed by atoms with Crippen LogP contribution in [-0.2, 0) is 0 Å². The first-order valence-electron chi connectivity index (χ1n) is 6.27. The molecule has 3 nitrogen and oxygen atoms in total. The van der Waals surface area contributed by atoms with Crippen molar-refractivity contribution in [3.05, 3.63) is 57.2 Å². The van der Waals surface area contributed by atoms with Crippen LogP contribution >= 0.6 is 80.2 Å². The molecule has 16 heteroatoms. The van der Waals surface area contributed by atoms with Gasteiger partial charge in [0, 0.05) is 12.1 Å². The van der Waals surface area contributed by atoms with Crippen molar-refractivity contribution in [1.82, 2.24) is 0 Å². The van der Waals surface area contributed by atoms with E-state index in [9.17, 15) is 17.6 Å². The van der Waals surface area contributed by atoms with E-state index in [1.807, 2.05) is 0 Å². The molecule has 0 aliphatic rings. The molecule has 0 aromatic heterocycles. The molecule has 6 unspecified atom stereocenters. The molecule has 154 valence electrons. The third kappa shape index (κ3) is 15.3. The summed E-state index contributed by atoms with van der Waals surface area (Å²) >= 11 is 1.65. The molecule has 6 atom stereocenters. The summed E-state index contributed by atoms with van der Waals surface area (Å²) in [5, 5.41) is 17.3. The SMILES string of the molecule is Oc1c(F)cc(F)cc1I.Oc1ccc(F)cc1F.PPP(P)P(P)P.[Na+].[OH-]. The average molecular weight is 652 g/mol. The summed E-state index contributed by atoms with van der Waals surface area (Å²) in [7, 11) is 12.4. The van der Waals surface area contributed by atoms with Gasteiger partial charge in [-0.25, -0.2) is 17.6 Å². The summed E-state index contributed by atoms with van der Waals surface area (Å²) in [4.78, 5) is 0. The van der Waals surface area contributed by atoms with Crippen molar-refractivity contribution in [2.75, 3.05) is 0 Å². The minimum atomic E-state index is -0.935. The maximum Gasteiger partial charge on any atom is 1.00 e. The second kappa shape index (κ2) is 19.0. The minimum absolute atomic E-state index is 0. The second-order valence-corrected chi connectivity index (χ2v) is 27.5. The normalized spacial score (nSPS) is 10.8. The smallest absolute Gasteiger partial charge is 0.870 e. The van der Waals surface area contributed by atoms with Crippen molar-refractivity contribution in [2.45, 2.75) is 0 Å². The molecule has 28 heavy (non-hydrogen) atoms. The van der Waals surface area contributed by atoms with Crippen molar-refractivity contribution in [3.8, 4) is 11.5 Å². The van der Waals surface area contributed by atoms with Crippen molar-refractivity contribution in [1.29, 1.82) is 0 Å². The average Bonchev–Trinajstić information content (AvgIpc) is 2.56. The predicted molar refractivity (Wildman–Crippen MR) is 132 cm³/mol. The van der Waals surface area contributed by atoms with E-state index in [0.29, 0.717) is 12.1 Å². The Bertz CT molecular complexity index is 698. The monoisotopic (exact) mass is 652 g/mol. The summed E-state index contributed by atoms with van der Waals surface area (Å²) < 4.78 is 48.9. The molecule has 0 bridgehead atoms. The number of phenolic OH excluding ortho intramolecular Hbond substituents is 2. The molecular weight excluding hydrogens is 635 g/mol. The van der Waals surface area contributed by atoms with Gasteiger partial charge in [0.1, 0.15) is 11.6 Å². The minimum Gasteiger partial charge on any atom is -0.870 e. The molecule has 0 aliphatic carbocycles. The Balaban J connectivity index is -0.000000329. The van der Waals surface area contributed by atoms with Crippen LogP contribution in [0.2, 0.25) is 0 Å². The van der Waals surface area contributed by atoms with Crippen molar-refractivity contribution >= 4 is 80.2 Å². The number of rotatable bonds is 2. The standard InChI is InChI=1S/C6H3F2IO.C6H4F2O.Na.H2O.H9P7/c7-3-1-4(8)6(10)5(9)2-3;7-4-1-2-6(9)5(8)3-4;;;1-5-7(4)6(2)3/h1-2,10H;1-3,9H;;1H2;5H,1-4H2/q;;+1;;/p-1. The Morgan fingerprint density at radius 1 is 0.893 bits per heavy atom. The Morgan fingerprint density at radius 3 is 1.71 bits per heavy atom. The molecule has 0 aliphatic heterocycles. The first kappa shape index (κ1) is 35.1. The molecule has 2 rings (SSSR count). The van der Waals surface area contributed by atoms with Crippen LogP contribution in [0.3, 0.4) is 0 Å². The Hall–Kier alpha value is 2.46. The summed E-state index contributed by atoms with van der Waals surface area (Å²) in [6.45, 7) is 0.452. The van der Waals surface area contributed by atoms with Crippen molar-refractivity contribution in [3.63, 3.8) is 0 Å². The maximum absolute atomic E-state index is 12.3. The van der Waals surface area contributed by atoms with Gasteiger partial charge in [-0.2, -0.15) is 0 Å². The summed E-state index contributed by atoms with van der Waals surface area (Å²) in [6, 6.07) is 4.26. The van der Waals surface area contributed by atoms with Gasteiger partial charge in [0.05, 0.1) is 3.57 Å². The number of phenols is 2. The Kier molecular flexibility index (Phi) is 23.8. The zero-order valence-electron chi connectivity index (χ0n) is 14.3. The number of halogens is 5. The molecule has 0 heterocycles. The van der Waals surface area contributed by atoms with E-state index in [2.05, 4.69) is 35.7 Å². The van der Waals surface area contributed by atoms with E-state index in [-0.39, 0.29) is 52.6 Å². The van der Waals surface area contributed by atoms with Gasteiger partial charge < -0.3 is 15.7 Å². The molecule has 3 N–H and O–H groups in total. The third-order valence-corrected chi connectivity index (χ3v) is 33.6. The molecule has 2 aromatic carbocycles. The van der Waals surface area contributed by atoms with Crippen LogP contribution in [0.5, 0.6) is 11.5 Å². The van der Waals surface area contributed by atoms with Gasteiger partial charge in [-0.15, -0.1) is 35.7 Å². The predicted octanol–water partition coefficient (Wildman–Crippen LogP) is 4.39. The second-order valence-electron chi connectivity index (χ2n) is 4.17. The maximum atomic E-state index is 12.3. The molecular formula is C12H17F4INaO3P7. The van der Waals surface area contributed by atoms with Gasteiger partial charge in [-0.05, 0) is 54.8 Å². The fraction of sp³-hybridized carbons (Fsp3) is 0. The quantitative estimate of drug-likeness (QED) is 0.219. The van der Waals surface area contributed by atoms with Crippen LogP contribution in [0.1, 0.15) is 0 Å². The van der Waals surface area contributed by atoms with E-state index in [1.165, 1.54) is 0 Å². The number of aromatic hydroxyl groups is 2. The topological polar surface area (TPSA) is 70.5 Å². The van der Waals surface area contributed by atoms with Crippen LogP contribution in [0, 0.1) is 26.8 Å². The summed E-state index contributed by atoms with van der Waals surface area (Å²) in [5.74, 6) is -4.26. The van der Waals surface area contributed by atoms with Crippen LogP contribution in [0.25, 0.3) is 0 Å². The molecule has 2 aromatic rings. The van der Waals surface area contributed by atoms with Crippen LogP contribution < -0.4 is 29.6 Å². The van der Waals surface area contributed by atoms with Gasteiger partial charge in [0.15, 0.2) is 23.1 Å². The Morgan fingerprint density at radius 2 is 1.39 bits per heavy atom. The Labute approximate surface area is 210 Å². The van der Waals surface area contributed by atoms with Gasteiger partial charge in [0.25, 0.3) is 0 Å². The van der Waals surface area contributed by atoms with Gasteiger partial charge >= 0.3 is 29.6 Å². The van der Waals surface area contributed by atoms with E-state index >= 15 is 0 Å². The van der Waals surface area contributed by atoms with Crippen LogP contribution in [-0.4, -0.2) is 15.7 Å². The van der Waals surface area contributed by atoms with E-state index < -0.39 is 34.8 Å². The van der Waals surface area contributed by atoms with Crippen LogP contribution in [0.15, 0.2) is 30.3 Å². The zero-order chi connectivity index (χ0) is 20.4. The van der Waals surface area contributed by atoms with Gasteiger partial charge in [-0.3, -0.25) is 0 Å². The molecule has 0 radical (unpaired) electrons. The first-order chi connectivity index (χ1) is 12.0. The van der Waals surface area contributed by atoms with E-state index in [1.54, 1.807) is 22.6 Å². The van der Waals surface area contributed by atoms with E-state index in [0.717, 1.165) is 26.2 Å². The van der Waals surface area contributed by atoms with Gasteiger partial charge in [0.2, 0.25) is 0 Å². The van der Waals surface area contributed by atoms with Gasteiger partial charge in [-0.1, -0.05) is 7.96 Å². The van der Waals surface area contributed by atoms with Crippen molar-refractivity contribution < 1.29 is 62.8 Å². The third-order valence-electron chi connectivity index (χ3n) is 2.27. The molecule has 0 fully saturated rings. The zero-order valence-corrected chi connectivity index (χ0v) is 25.9. The molecule has 0 saturated carbocycles. The molecule has 0 amide bonds. The molecule has 0 saturated heterocycles. The fourth-order valence-corrected chi connectivity index (χ4v) is 17.8. The number of hydrogen-bond acceptors (Lipinski definition) is 3. The summed E-state index contributed by atoms with van der Waals surface area (Å²) in [5.41, 5.74) is 0. The largest absolute Gasteiger partial charge is 1.00 e. The summed E-state index contributed by atoms with van der Waals surface area (Å²) in [6.07, 6.45) is 0. The van der Waals surface area contributed by atoms with Crippen molar-refractivity contribution in [2.24, 2.45) is 0 Å². The fourth-order valence-electron chi connectivity index (χ4n) is 1.08. The number of hydrogen-bond donors (Lipinski definition) is 2. The first-order valence-corrected chi connectivity index (χ1v) is 19.2. The molecule has 0 spiro atoms. The van der Waals surface area contributed by atoms with Crippen LogP contribution in [0.4, 0.5) is 17.6 Å².